The second-order valence-corrected chi connectivity index (χ2v) is 10.1. The Bertz CT molecular complexity index is 1220. The van der Waals surface area contributed by atoms with Gasteiger partial charge in [0.15, 0.2) is 0 Å². The van der Waals surface area contributed by atoms with Crippen LogP contribution in [-0.2, 0) is 24.4 Å². The smallest absolute Gasteiger partial charge is 0.270 e. The highest BCUT2D eigenvalue weighted by Crippen LogP contribution is 2.38. The second kappa shape index (κ2) is 9.06. The molecule has 0 radical (unpaired) electrons. The van der Waals surface area contributed by atoms with Crippen LogP contribution in [0.4, 0.5) is 5.82 Å². The maximum Gasteiger partial charge on any atom is 0.270 e. The van der Waals surface area contributed by atoms with Gasteiger partial charge in [-0.2, -0.15) is 0 Å². The quantitative estimate of drug-likeness (QED) is 0.553. The van der Waals surface area contributed by atoms with Crippen LogP contribution in [0.5, 0.6) is 0 Å². The van der Waals surface area contributed by atoms with Crippen LogP contribution >= 0.6 is 11.6 Å². The molecule has 1 aromatic carbocycles. The van der Waals surface area contributed by atoms with E-state index in [9.17, 15) is 9.90 Å². The first-order chi connectivity index (χ1) is 16.4. The first-order valence-electron chi connectivity index (χ1n) is 11.5. The number of benzene rings is 1. The molecule has 0 aliphatic carbocycles. The third-order valence-corrected chi connectivity index (χ3v) is 6.81. The predicted octanol–water partition coefficient (Wildman–Crippen LogP) is 4.19. The van der Waals surface area contributed by atoms with Gasteiger partial charge in [0, 0.05) is 49.2 Å². The number of nitrogens with one attached hydrogen (secondary N) is 1. The normalized spacial score (nSPS) is 17.0. The van der Waals surface area contributed by atoms with Crippen molar-refractivity contribution in [2.24, 2.45) is 5.41 Å². The monoisotopic (exact) mass is 480 g/mol. The minimum Gasteiger partial charge on any atom is -0.392 e. The van der Waals surface area contributed by atoms with E-state index in [1.807, 2.05) is 52.1 Å². The third kappa shape index (κ3) is 4.31. The summed E-state index contributed by atoms with van der Waals surface area (Å²) >= 11 is 6.52. The molecule has 8 heteroatoms. The lowest BCUT2D eigenvalue weighted by Gasteiger charge is -2.43. The van der Waals surface area contributed by atoms with Gasteiger partial charge in [-0.15, -0.1) is 0 Å². The SMILES string of the molecule is CC(C)Nc1cc(-c2cc3n(c2)CC2(COC2)CN(Cc2ccccc2CO)C3=O)c(Cl)cn1. The number of nitrogens with zero attached hydrogens (tertiary/aromatic N) is 3. The average Bonchev–Trinajstić information content (AvgIpc) is 3.16. The summed E-state index contributed by atoms with van der Waals surface area (Å²) in [5.41, 5.74) is 4.02. The number of anilines is 1. The number of halogens is 1. The number of rotatable bonds is 6. The van der Waals surface area contributed by atoms with Crippen LogP contribution < -0.4 is 5.32 Å². The summed E-state index contributed by atoms with van der Waals surface area (Å²) in [6, 6.07) is 11.8. The summed E-state index contributed by atoms with van der Waals surface area (Å²) in [5.74, 6) is 0.710. The van der Waals surface area contributed by atoms with Crippen LogP contribution in [0.1, 0.15) is 35.5 Å². The van der Waals surface area contributed by atoms with Gasteiger partial charge < -0.3 is 24.6 Å². The fraction of sp³-hybridized carbons (Fsp3) is 0.385. The Labute approximate surface area is 204 Å². The Morgan fingerprint density at radius 3 is 2.65 bits per heavy atom. The molecule has 2 aliphatic rings. The zero-order chi connectivity index (χ0) is 23.9. The minimum atomic E-state index is -0.127. The van der Waals surface area contributed by atoms with Crippen molar-refractivity contribution in [3.8, 4) is 11.1 Å². The molecule has 3 aromatic rings. The van der Waals surface area contributed by atoms with Gasteiger partial charge in [0.05, 0.1) is 30.3 Å². The number of carbonyl (C=O) groups is 1. The van der Waals surface area contributed by atoms with Gasteiger partial charge in [-0.3, -0.25) is 4.79 Å². The van der Waals surface area contributed by atoms with Crippen molar-refractivity contribution < 1.29 is 14.6 Å². The highest BCUT2D eigenvalue weighted by molar-refractivity contribution is 6.33. The maximum atomic E-state index is 13.8. The van der Waals surface area contributed by atoms with E-state index in [1.54, 1.807) is 6.20 Å². The topological polar surface area (TPSA) is 79.6 Å². The van der Waals surface area contributed by atoms with Gasteiger partial charge >= 0.3 is 0 Å². The Balaban J connectivity index is 1.52. The molecule has 1 spiro atoms. The molecule has 178 valence electrons. The molecule has 2 N–H and O–H groups in total. The maximum absolute atomic E-state index is 13.8. The van der Waals surface area contributed by atoms with E-state index in [2.05, 4.69) is 24.1 Å². The molecule has 7 nitrogen and oxygen atoms in total. The van der Waals surface area contributed by atoms with Gasteiger partial charge in [-0.05, 0) is 37.1 Å². The standard InChI is InChI=1S/C26H29ClN4O3/c1-17(2)29-24-8-21(22(27)9-28-24)20-7-23-25(33)31(10-18-5-3-4-6-19(18)12-32)14-26(15-34-16-26)13-30(23)11-20/h3-9,11,17,32H,10,12-16H2,1-2H3,(H,28,29). The second-order valence-electron chi connectivity index (χ2n) is 9.67. The largest absolute Gasteiger partial charge is 0.392 e. The van der Waals surface area contributed by atoms with E-state index in [1.165, 1.54) is 0 Å². The number of aromatic nitrogens is 2. The Kier molecular flexibility index (Phi) is 6.10. The molecule has 2 aliphatic heterocycles. The average molecular weight is 481 g/mol. The molecule has 1 saturated heterocycles. The number of aliphatic hydroxyl groups excluding tert-OH is 1. The fourth-order valence-electron chi connectivity index (χ4n) is 4.82. The van der Waals surface area contributed by atoms with Crippen LogP contribution in [0.3, 0.4) is 0 Å². The summed E-state index contributed by atoms with van der Waals surface area (Å²) in [4.78, 5) is 20.0. The van der Waals surface area contributed by atoms with E-state index in [-0.39, 0.29) is 24.0 Å². The van der Waals surface area contributed by atoms with Crippen molar-refractivity contribution >= 4 is 23.3 Å². The number of hydrogen-bond donors (Lipinski definition) is 2. The molecule has 5 rings (SSSR count). The minimum absolute atomic E-state index is 0.0338. The predicted molar refractivity (Wildman–Crippen MR) is 132 cm³/mol. The van der Waals surface area contributed by atoms with Crippen molar-refractivity contribution in [3.63, 3.8) is 0 Å². The molecular weight excluding hydrogens is 452 g/mol. The number of carbonyl (C=O) groups excluding carboxylic acids is 1. The Morgan fingerprint density at radius 1 is 1.21 bits per heavy atom. The summed E-state index contributed by atoms with van der Waals surface area (Å²) in [6.07, 6.45) is 3.66. The number of fused-ring (bicyclic) bond motifs is 1. The number of ether oxygens (including phenoxy) is 1. The summed E-state index contributed by atoms with van der Waals surface area (Å²) in [6.45, 7) is 7.04. The van der Waals surface area contributed by atoms with Gasteiger partial charge in [-0.1, -0.05) is 35.9 Å². The van der Waals surface area contributed by atoms with Gasteiger partial charge in [0.25, 0.3) is 5.91 Å². The fourth-order valence-corrected chi connectivity index (χ4v) is 5.04. The van der Waals surface area contributed by atoms with E-state index < -0.39 is 0 Å². The van der Waals surface area contributed by atoms with Crippen LogP contribution in [0.25, 0.3) is 11.1 Å². The van der Waals surface area contributed by atoms with Crippen LogP contribution in [0, 0.1) is 5.41 Å². The third-order valence-electron chi connectivity index (χ3n) is 6.50. The van der Waals surface area contributed by atoms with Gasteiger partial charge in [0.2, 0.25) is 0 Å². The molecule has 0 atom stereocenters. The highest BCUT2D eigenvalue weighted by Gasteiger charge is 2.45. The van der Waals surface area contributed by atoms with E-state index in [4.69, 9.17) is 16.3 Å². The van der Waals surface area contributed by atoms with Crippen molar-refractivity contribution in [3.05, 3.63) is 70.6 Å². The first kappa shape index (κ1) is 22.9. The number of amides is 1. The highest BCUT2D eigenvalue weighted by atomic mass is 35.5. The van der Waals surface area contributed by atoms with Gasteiger partial charge in [0.1, 0.15) is 11.5 Å². The Morgan fingerprint density at radius 2 is 1.97 bits per heavy atom. The molecule has 0 bridgehead atoms. The summed E-state index contributed by atoms with van der Waals surface area (Å²) in [7, 11) is 0. The van der Waals surface area contributed by atoms with E-state index in [0.717, 1.165) is 28.1 Å². The lowest BCUT2D eigenvalue weighted by molar-refractivity contribution is -0.129. The van der Waals surface area contributed by atoms with E-state index >= 15 is 0 Å². The number of hydrogen-bond acceptors (Lipinski definition) is 5. The van der Waals surface area contributed by atoms with Crippen molar-refractivity contribution in [1.29, 1.82) is 0 Å². The van der Waals surface area contributed by atoms with Crippen LogP contribution in [-0.4, -0.2) is 51.3 Å². The molecule has 2 aromatic heterocycles. The molecule has 0 unspecified atom stereocenters. The Hall–Kier alpha value is -2.87. The molecule has 34 heavy (non-hydrogen) atoms. The molecule has 0 saturated carbocycles. The molecule has 4 heterocycles. The zero-order valence-electron chi connectivity index (χ0n) is 19.4. The number of aliphatic hydroxyl groups is 1. The van der Waals surface area contributed by atoms with Crippen molar-refractivity contribution in [2.75, 3.05) is 25.1 Å². The molecule has 1 fully saturated rings. The lowest BCUT2D eigenvalue weighted by atomic mass is 9.85. The molecule has 1 amide bonds. The lowest BCUT2D eigenvalue weighted by Crippen LogP contribution is -2.52. The molecular formula is C26H29ClN4O3. The summed E-state index contributed by atoms with van der Waals surface area (Å²) in [5, 5.41) is 13.6. The number of pyridine rings is 1. The van der Waals surface area contributed by atoms with Crippen LogP contribution in [0.2, 0.25) is 5.02 Å². The first-order valence-corrected chi connectivity index (χ1v) is 11.9. The van der Waals surface area contributed by atoms with E-state index in [0.29, 0.717) is 43.6 Å². The van der Waals surface area contributed by atoms with Crippen LogP contribution in [0.15, 0.2) is 48.8 Å². The van der Waals surface area contributed by atoms with Crippen molar-refractivity contribution in [1.82, 2.24) is 14.5 Å². The zero-order valence-corrected chi connectivity index (χ0v) is 20.2. The summed E-state index contributed by atoms with van der Waals surface area (Å²) < 4.78 is 7.65. The van der Waals surface area contributed by atoms with Crippen molar-refractivity contribution in [2.45, 2.75) is 39.6 Å². The van der Waals surface area contributed by atoms with Gasteiger partial charge in [-0.25, -0.2) is 4.98 Å².